The van der Waals surface area contributed by atoms with Gasteiger partial charge in [0.2, 0.25) is 5.91 Å². The number of alkyl carbamates (subject to hydrolysis) is 1. The van der Waals surface area contributed by atoms with Crippen LogP contribution in [0.1, 0.15) is 96.8 Å². The summed E-state index contributed by atoms with van der Waals surface area (Å²) in [5.41, 5.74) is 0.0487. The summed E-state index contributed by atoms with van der Waals surface area (Å²) in [7, 11) is 0. The van der Waals surface area contributed by atoms with Crippen molar-refractivity contribution in [3.63, 3.8) is 0 Å². The molecule has 0 radical (unpaired) electrons. The van der Waals surface area contributed by atoms with Crippen molar-refractivity contribution >= 4 is 12.0 Å². The molecule has 0 aromatic heterocycles. The van der Waals surface area contributed by atoms with Crippen LogP contribution in [0.4, 0.5) is 4.79 Å². The number of hydrogen-bond acceptors (Lipinski definition) is 3. The second-order valence-corrected chi connectivity index (χ2v) is 9.67. The summed E-state index contributed by atoms with van der Waals surface area (Å²) in [5, 5.41) is 3.14. The largest absolute Gasteiger partial charge is 0.446 e. The second kappa shape index (κ2) is 8.62. The van der Waals surface area contributed by atoms with Crippen molar-refractivity contribution in [3.05, 3.63) is 0 Å². The van der Waals surface area contributed by atoms with E-state index in [1.807, 2.05) is 0 Å². The van der Waals surface area contributed by atoms with Gasteiger partial charge < -0.3 is 15.0 Å². The van der Waals surface area contributed by atoms with Gasteiger partial charge in [0.05, 0.1) is 0 Å². The lowest BCUT2D eigenvalue weighted by Gasteiger charge is -2.52. The zero-order chi connectivity index (χ0) is 19.6. The van der Waals surface area contributed by atoms with Gasteiger partial charge in [0, 0.05) is 30.5 Å². The molecule has 2 amide bonds. The number of nitrogens with zero attached hydrogens (tertiary/aromatic N) is 1. The highest BCUT2D eigenvalue weighted by atomic mass is 16.6. The maximum atomic E-state index is 12.7. The molecule has 4 rings (SSSR count). The second-order valence-electron chi connectivity index (χ2n) is 9.67. The Morgan fingerprint density at radius 3 is 2.71 bits per heavy atom. The number of rotatable bonds is 4. The molecule has 4 aliphatic rings. The van der Waals surface area contributed by atoms with Crippen LogP contribution in [0.25, 0.3) is 0 Å². The summed E-state index contributed by atoms with van der Waals surface area (Å²) in [6.45, 7) is 3.16. The number of carbonyl (C=O) groups is 2. The molecule has 4 atom stereocenters. The van der Waals surface area contributed by atoms with E-state index in [4.69, 9.17) is 4.74 Å². The average molecular weight is 391 g/mol. The van der Waals surface area contributed by atoms with Crippen molar-refractivity contribution in [2.45, 2.75) is 114 Å². The Balaban J connectivity index is 1.47. The van der Waals surface area contributed by atoms with Gasteiger partial charge in [0.1, 0.15) is 6.10 Å². The van der Waals surface area contributed by atoms with E-state index in [9.17, 15) is 9.59 Å². The zero-order valence-electron chi connectivity index (χ0n) is 17.6. The Labute approximate surface area is 169 Å². The lowest BCUT2D eigenvalue weighted by atomic mass is 9.62. The van der Waals surface area contributed by atoms with Crippen LogP contribution < -0.4 is 5.32 Å². The number of ether oxygens (including phenoxy) is 1. The van der Waals surface area contributed by atoms with E-state index in [2.05, 4.69) is 17.1 Å². The quantitative estimate of drug-likeness (QED) is 0.751. The van der Waals surface area contributed by atoms with Crippen LogP contribution in [-0.4, -0.2) is 41.1 Å². The fourth-order valence-electron chi connectivity index (χ4n) is 6.91. The van der Waals surface area contributed by atoms with Crippen LogP contribution in [-0.2, 0) is 9.53 Å². The predicted octanol–water partition coefficient (Wildman–Crippen LogP) is 4.79. The molecule has 5 heteroatoms. The molecule has 0 unspecified atom stereocenters. The molecule has 0 aromatic carbocycles. The fourth-order valence-corrected chi connectivity index (χ4v) is 6.91. The molecule has 1 spiro atoms. The first-order valence-electron chi connectivity index (χ1n) is 11.9. The van der Waals surface area contributed by atoms with Gasteiger partial charge >= 0.3 is 6.09 Å². The topological polar surface area (TPSA) is 58.6 Å². The zero-order valence-corrected chi connectivity index (χ0v) is 17.6. The summed E-state index contributed by atoms with van der Waals surface area (Å²) >= 11 is 0. The molecule has 2 aliphatic heterocycles. The molecular weight excluding hydrogens is 352 g/mol. The van der Waals surface area contributed by atoms with Crippen molar-refractivity contribution in [3.8, 4) is 0 Å². The highest BCUT2D eigenvalue weighted by molar-refractivity contribution is 5.78. The standard InChI is InChI=1S/C23H38N2O3/c1-2-8-18-19-11-6-12-21(26)25-16-7-14-23(19,25)15-13-20(18)28-22(27)24-17-9-4-3-5-10-17/h17-20H,2-16H2,1H3,(H,24,27)/t18-,19+,20+,23-/m1/s1. The predicted molar refractivity (Wildman–Crippen MR) is 109 cm³/mol. The first kappa shape index (κ1) is 20.0. The van der Waals surface area contributed by atoms with Crippen molar-refractivity contribution in [2.24, 2.45) is 11.8 Å². The SMILES string of the molecule is CCC[C@H]1[C@@H](OC(=O)NC2CCCCC2)CC[C@@]23CCCN2C(=O)CCC[C@@H]13. The maximum absolute atomic E-state index is 12.7. The highest BCUT2D eigenvalue weighted by Gasteiger charge is 2.56. The van der Waals surface area contributed by atoms with Crippen molar-refractivity contribution in [2.75, 3.05) is 6.54 Å². The molecule has 2 aliphatic carbocycles. The van der Waals surface area contributed by atoms with E-state index in [0.717, 1.165) is 70.8 Å². The van der Waals surface area contributed by atoms with Crippen LogP contribution in [0, 0.1) is 11.8 Å². The Kier molecular flexibility index (Phi) is 6.17. The monoisotopic (exact) mass is 390 g/mol. The Bertz CT molecular complexity index is 574. The molecule has 28 heavy (non-hydrogen) atoms. The van der Waals surface area contributed by atoms with Crippen LogP contribution in [0.2, 0.25) is 0 Å². The average Bonchev–Trinajstić information content (AvgIpc) is 3.06. The van der Waals surface area contributed by atoms with Gasteiger partial charge in [-0.2, -0.15) is 0 Å². The third-order valence-electron chi connectivity index (χ3n) is 8.09. The number of nitrogens with one attached hydrogen (secondary N) is 1. The smallest absolute Gasteiger partial charge is 0.407 e. The van der Waals surface area contributed by atoms with Crippen molar-refractivity contribution in [1.29, 1.82) is 0 Å². The van der Waals surface area contributed by atoms with Gasteiger partial charge in [0.25, 0.3) is 0 Å². The van der Waals surface area contributed by atoms with Gasteiger partial charge in [-0.3, -0.25) is 4.79 Å². The minimum Gasteiger partial charge on any atom is -0.446 e. The molecule has 1 N–H and O–H groups in total. The third kappa shape index (κ3) is 3.78. The summed E-state index contributed by atoms with van der Waals surface area (Å²) in [4.78, 5) is 27.6. The summed E-state index contributed by atoms with van der Waals surface area (Å²) in [5.74, 6) is 1.25. The summed E-state index contributed by atoms with van der Waals surface area (Å²) in [6, 6.07) is 0.293. The van der Waals surface area contributed by atoms with Crippen LogP contribution in [0.3, 0.4) is 0 Å². The van der Waals surface area contributed by atoms with Gasteiger partial charge in [-0.05, 0) is 63.7 Å². The van der Waals surface area contributed by atoms with Crippen molar-refractivity contribution in [1.82, 2.24) is 10.2 Å². The lowest BCUT2D eigenvalue weighted by molar-refractivity contribution is -0.141. The van der Waals surface area contributed by atoms with Gasteiger partial charge in [-0.1, -0.05) is 32.6 Å². The Hall–Kier alpha value is -1.26. The fraction of sp³-hybridized carbons (Fsp3) is 0.913. The normalized spacial score (nSPS) is 36.4. The van der Waals surface area contributed by atoms with E-state index in [1.54, 1.807) is 0 Å². The van der Waals surface area contributed by atoms with Crippen LogP contribution in [0.15, 0.2) is 0 Å². The Morgan fingerprint density at radius 1 is 1.11 bits per heavy atom. The highest BCUT2D eigenvalue weighted by Crippen LogP contribution is 2.53. The van der Waals surface area contributed by atoms with Crippen LogP contribution >= 0.6 is 0 Å². The summed E-state index contributed by atoms with van der Waals surface area (Å²) < 4.78 is 6.07. The minimum absolute atomic E-state index is 0.00909. The van der Waals surface area contributed by atoms with E-state index in [0.29, 0.717) is 30.2 Å². The molecule has 0 aromatic rings. The molecule has 158 valence electrons. The maximum Gasteiger partial charge on any atom is 0.407 e. The molecule has 0 bridgehead atoms. The van der Waals surface area contributed by atoms with Gasteiger partial charge in [-0.15, -0.1) is 0 Å². The molecule has 2 saturated carbocycles. The lowest BCUT2D eigenvalue weighted by Crippen LogP contribution is -2.58. The van der Waals surface area contributed by atoms with E-state index in [-0.39, 0.29) is 17.7 Å². The van der Waals surface area contributed by atoms with Crippen molar-refractivity contribution < 1.29 is 14.3 Å². The van der Waals surface area contributed by atoms with Gasteiger partial charge in [0.15, 0.2) is 0 Å². The molecular formula is C23H38N2O3. The number of amides is 2. The number of carbonyl (C=O) groups excluding carboxylic acids is 2. The first-order valence-corrected chi connectivity index (χ1v) is 11.9. The van der Waals surface area contributed by atoms with Gasteiger partial charge in [-0.25, -0.2) is 4.79 Å². The van der Waals surface area contributed by atoms with E-state index < -0.39 is 0 Å². The molecule has 4 fully saturated rings. The molecule has 2 saturated heterocycles. The summed E-state index contributed by atoms with van der Waals surface area (Å²) in [6.07, 6.45) is 14.9. The Morgan fingerprint density at radius 2 is 1.93 bits per heavy atom. The van der Waals surface area contributed by atoms with E-state index >= 15 is 0 Å². The molecule has 5 nitrogen and oxygen atoms in total. The molecule has 2 heterocycles. The minimum atomic E-state index is -0.207. The van der Waals surface area contributed by atoms with Crippen LogP contribution in [0.5, 0.6) is 0 Å². The third-order valence-corrected chi connectivity index (χ3v) is 8.09. The first-order chi connectivity index (χ1) is 13.6. The van der Waals surface area contributed by atoms with E-state index in [1.165, 1.54) is 19.3 Å². The number of hydrogen-bond donors (Lipinski definition) is 1.